The van der Waals surface area contributed by atoms with Gasteiger partial charge in [0.05, 0.1) is 19.3 Å². The smallest absolute Gasteiger partial charge is 0.330 e. The van der Waals surface area contributed by atoms with E-state index in [0.717, 1.165) is 9.96 Å². The van der Waals surface area contributed by atoms with E-state index in [-0.39, 0.29) is 6.54 Å². The van der Waals surface area contributed by atoms with Crippen molar-refractivity contribution in [3.63, 3.8) is 0 Å². The Morgan fingerprint density at radius 2 is 1.95 bits per heavy atom. The Morgan fingerprint density at radius 1 is 1.32 bits per heavy atom. The summed E-state index contributed by atoms with van der Waals surface area (Å²) < 4.78 is 0. The summed E-state index contributed by atoms with van der Waals surface area (Å²) in [5, 5.41) is 3.22. The number of carbonyl (C=O) groups excluding carboxylic acids is 3. The number of aldehydes is 1. The molecule has 0 aliphatic rings. The van der Waals surface area contributed by atoms with Crippen molar-refractivity contribution >= 4 is 24.0 Å². The molecule has 1 N–H and O–H groups in total. The van der Waals surface area contributed by atoms with Gasteiger partial charge in [-0.1, -0.05) is 18.2 Å². The summed E-state index contributed by atoms with van der Waals surface area (Å²) in [4.78, 5) is 39.9. The third-order valence-electron chi connectivity index (χ3n) is 2.29. The summed E-state index contributed by atoms with van der Waals surface area (Å²) in [6, 6.07) is 6.97. The second-order valence-electron chi connectivity index (χ2n) is 3.49. The number of nitrogens with one attached hydrogen (secondary N) is 1. The molecule has 0 saturated heterocycles. The van der Waals surface area contributed by atoms with E-state index in [1.54, 1.807) is 30.3 Å². The topological polar surface area (TPSA) is 79.0 Å². The zero-order chi connectivity index (χ0) is 14.3. The van der Waals surface area contributed by atoms with E-state index in [1.807, 2.05) is 0 Å². The molecule has 0 atom stereocenters. The maximum atomic E-state index is 12.1. The molecule has 4 amide bonds. The molecule has 0 heterocycles. The Kier molecular flexibility index (Phi) is 5.49. The summed E-state index contributed by atoms with van der Waals surface area (Å²) in [5.74, 6) is 0. The van der Waals surface area contributed by atoms with E-state index in [2.05, 4.69) is 5.32 Å². The number of imide groups is 1. The number of para-hydroxylation sites is 1. The molecule has 102 valence electrons. The molecule has 0 radical (unpaired) electrons. The molecule has 0 saturated carbocycles. The molecule has 7 heteroatoms. The minimum absolute atomic E-state index is 0.174. The number of rotatable bonds is 4. The average Bonchev–Trinajstić information content (AvgIpc) is 2.45. The van der Waals surface area contributed by atoms with Crippen molar-refractivity contribution in [1.82, 2.24) is 10.4 Å². The average molecular weight is 265 g/mol. The lowest BCUT2D eigenvalue weighted by Gasteiger charge is -2.25. The van der Waals surface area contributed by atoms with Crippen LogP contribution >= 0.6 is 0 Å². The molecule has 1 aromatic carbocycles. The molecule has 0 bridgehead atoms. The largest absolute Gasteiger partial charge is 0.356 e. The Morgan fingerprint density at radius 3 is 2.47 bits per heavy atom. The van der Waals surface area contributed by atoms with E-state index in [4.69, 9.17) is 4.84 Å². The van der Waals surface area contributed by atoms with Gasteiger partial charge in [0.15, 0.2) is 0 Å². The van der Waals surface area contributed by atoms with Crippen LogP contribution in [0.15, 0.2) is 30.3 Å². The van der Waals surface area contributed by atoms with Gasteiger partial charge >= 0.3 is 12.1 Å². The molecule has 1 aromatic rings. The number of hydrogen-bond donors (Lipinski definition) is 1. The van der Waals surface area contributed by atoms with Gasteiger partial charge in [0.2, 0.25) is 0 Å². The van der Waals surface area contributed by atoms with Crippen LogP contribution in [0.4, 0.5) is 15.3 Å². The summed E-state index contributed by atoms with van der Waals surface area (Å²) in [6.07, 6.45) is 0.533. The molecule has 7 nitrogen and oxygen atoms in total. The lowest BCUT2D eigenvalue weighted by Crippen LogP contribution is -2.49. The first-order valence-electron chi connectivity index (χ1n) is 5.50. The Hall–Kier alpha value is -2.41. The fourth-order valence-corrected chi connectivity index (χ4v) is 1.32. The van der Waals surface area contributed by atoms with Gasteiger partial charge in [-0.25, -0.2) is 19.6 Å². The molecule has 0 spiro atoms. The molecular weight excluding hydrogens is 250 g/mol. The van der Waals surface area contributed by atoms with Crippen LogP contribution in [0.3, 0.4) is 0 Å². The number of hydroxylamine groups is 2. The van der Waals surface area contributed by atoms with Gasteiger partial charge in [0, 0.05) is 7.05 Å². The monoisotopic (exact) mass is 265 g/mol. The van der Waals surface area contributed by atoms with Crippen LogP contribution in [0, 0.1) is 0 Å². The Labute approximate surface area is 110 Å². The summed E-state index contributed by atoms with van der Waals surface area (Å²) in [5.41, 5.74) is 0.375. The van der Waals surface area contributed by atoms with E-state index < -0.39 is 12.1 Å². The first-order chi connectivity index (χ1) is 9.11. The third kappa shape index (κ3) is 3.78. The van der Waals surface area contributed by atoms with Crippen LogP contribution in [-0.2, 0) is 9.63 Å². The maximum Gasteiger partial charge on any atom is 0.356 e. The van der Waals surface area contributed by atoms with Gasteiger partial charge in [0.1, 0.15) is 6.29 Å². The van der Waals surface area contributed by atoms with Crippen molar-refractivity contribution in [2.45, 2.75) is 0 Å². The highest BCUT2D eigenvalue weighted by molar-refractivity contribution is 6.13. The third-order valence-corrected chi connectivity index (χ3v) is 2.29. The summed E-state index contributed by atoms with van der Waals surface area (Å²) in [6.45, 7) is -0.174. The van der Waals surface area contributed by atoms with Crippen LogP contribution in [0.2, 0.25) is 0 Å². The molecular formula is C12H15N3O4. The number of carbonyl (C=O) groups is 3. The number of benzene rings is 1. The molecule has 0 aliphatic heterocycles. The van der Waals surface area contributed by atoms with Crippen molar-refractivity contribution in [1.29, 1.82) is 0 Å². The number of urea groups is 2. The Bertz CT molecular complexity index is 450. The summed E-state index contributed by atoms with van der Waals surface area (Å²) in [7, 11) is 2.69. The standard InChI is InChI=1S/C12H15N3O4/c1-14(19-2)12(18)15(11(17)13-8-9-16)10-6-4-3-5-7-10/h3-7,9H,8H2,1-2H3,(H,13,17). The Balaban J connectivity index is 3.01. The van der Waals surface area contributed by atoms with Gasteiger partial charge in [0.25, 0.3) is 0 Å². The quantitative estimate of drug-likeness (QED) is 0.651. The number of nitrogens with zero attached hydrogens (tertiary/aromatic N) is 2. The van der Waals surface area contributed by atoms with Crippen molar-refractivity contribution in [2.75, 3.05) is 25.6 Å². The minimum Gasteiger partial charge on any atom is -0.330 e. The lowest BCUT2D eigenvalue weighted by molar-refractivity contribution is -0.107. The highest BCUT2D eigenvalue weighted by Gasteiger charge is 2.26. The molecule has 1 rings (SSSR count). The molecule has 0 unspecified atom stereocenters. The van der Waals surface area contributed by atoms with Crippen LogP contribution < -0.4 is 10.2 Å². The summed E-state index contributed by atoms with van der Waals surface area (Å²) >= 11 is 0. The first kappa shape index (κ1) is 14.7. The van der Waals surface area contributed by atoms with Crippen LogP contribution in [-0.4, -0.2) is 44.1 Å². The first-order valence-corrected chi connectivity index (χ1v) is 5.50. The molecule has 0 aromatic heterocycles. The van der Waals surface area contributed by atoms with Crippen molar-refractivity contribution in [3.8, 4) is 0 Å². The van der Waals surface area contributed by atoms with Gasteiger partial charge in [-0.3, -0.25) is 4.84 Å². The van der Waals surface area contributed by atoms with Crippen molar-refractivity contribution < 1.29 is 19.2 Å². The highest BCUT2D eigenvalue weighted by Crippen LogP contribution is 2.15. The molecule has 0 fully saturated rings. The zero-order valence-corrected chi connectivity index (χ0v) is 10.7. The second-order valence-corrected chi connectivity index (χ2v) is 3.49. The van der Waals surface area contributed by atoms with Crippen LogP contribution in [0.5, 0.6) is 0 Å². The van der Waals surface area contributed by atoms with Crippen LogP contribution in [0.25, 0.3) is 0 Å². The van der Waals surface area contributed by atoms with Gasteiger partial charge < -0.3 is 10.1 Å². The van der Waals surface area contributed by atoms with Crippen molar-refractivity contribution in [2.24, 2.45) is 0 Å². The van der Waals surface area contributed by atoms with Gasteiger partial charge in [-0.15, -0.1) is 0 Å². The fourth-order valence-electron chi connectivity index (χ4n) is 1.32. The van der Waals surface area contributed by atoms with E-state index in [1.165, 1.54) is 14.2 Å². The fraction of sp³-hybridized carbons (Fsp3) is 0.250. The minimum atomic E-state index is -0.702. The predicted molar refractivity (Wildman–Crippen MR) is 68.6 cm³/mol. The zero-order valence-electron chi connectivity index (χ0n) is 10.7. The van der Waals surface area contributed by atoms with Crippen molar-refractivity contribution in [3.05, 3.63) is 30.3 Å². The van der Waals surface area contributed by atoms with Crippen LogP contribution in [0.1, 0.15) is 0 Å². The van der Waals surface area contributed by atoms with Gasteiger partial charge in [-0.2, -0.15) is 0 Å². The highest BCUT2D eigenvalue weighted by atomic mass is 16.7. The predicted octanol–water partition coefficient (Wildman–Crippen LogP) is 1.01. The maximum absolute atomic E-state index is 12.1. The van der Waals surface area contributed by atoms with E-state index in [9.17, 15) is 14.4 Å². The molecule has 0 aliphatic carbocycles. The number of anilines is 1. The number of hydrogen-bond acceptors (Lipinski definition) is 4. The SMILES string of the molecule is CON(C)C(=O)N(C(=O)NCC=O)c1ccccc1. The van der Waals surface area contributed by atoms with E-state index in [0.29, 0.717) is 12.0 Å². The normalized spacial score (nSPS) is 9.58. The number of amides is 4. The van der Waals surface area contributed by atoms with E-state index >= 15 is 0 Å². The lowest BCUT2D eigenvalue weighted by atomic mass is 10.3. The van der Waals surface area contributed by atoms with Gasteiger partial charge in [-0.05, 0) is 12.1 Å². The molecule has 19 heavy (non-hydrogen) atoms. The second kappa shape index (κ2) is 7.12.